The third-order valence-electron chi connectivity index (χ3n) is 12.5. The molecule has 16 heteroatoms. The van der Waals surface area contributed by atoms with Gasteiger partial charge in [-0.1, -0.05) is 38.1 Å². The van der Waals surface area contributed by atoms with Crippen molar-refractivity contribution in [2.75, 3.05) is 67.1 Å². The van der Waals surface area contributed by atoms with Crippen LogP contribution < -0.4 is 25.3 Å². The third kappa shape index (κ3) is 8.98. The van der Waals surface area contributed by atoms with Crippen molar-refractivity contribution in [3.8, 4) is 22.6 Å². The zero-order chi connectivity index (χ0) is 43.8. The molecule has 3 aliphatic rings. The summed E-state index contributed by atoms with van der Waals surface area (Å²) >= 11 is 0. The summed E-state index contributed by atoms with van der Waals surface area (Å²) in [5.41, 5.74) is 8.97. The Morgan fingerprint density at radius 2 is 1.60 bits per heavy atom. The van der Waals surface area contributed by atoms with Crippen molar-refractivity contribution in [2.24, 2.45) is 5.92 Å². The lowest BCUT2D eigenvalue weighted by atomic mass is 9.95. The van der Waals surface area contributed by atoms with Crippen LogP contribution >= 0.6 is 0 Å². The summed E-state index contributed by atoms with van der Waals surface area (Å²) in [6, 6.07) is 19.9. The fraction of sp³-hybridized carbons (Fsp3) is 0.404. The van der Waals surface area contributed by atoms with Crippen molar-refractivity contribution in [1.29, 1.82) is 0 Å². The van der Waals surface area contributed by atoms with Gasteiger partial charge in [0.2, 0.25) is 5.91 Å². The Morgan fingerprint density at radius 3 is 2.29 bits per heavy atom. The van der Waals surface area contributed by atoms with Crippen LogP contribution in [0.3, 0.4) is 0 Å². The molecule has 0 saturated carbocycles. The zero-order valence-electron chi connectivity index (χ0n) is 36.5. The van der Waals surface area contributed by atoms with Crippen molar-refractivity contribution < 1.29 is 18.9 Å². The van der Waals surface area contributed by atoms with E-state index >= 15 is 0 Å². The van der Waals surface area contributed by atoms with Crippen LogP contribution in [0.4, 0.5) is 21.9 Å². The Hall–Kier alpha value is -6.68. The van der Waals surface area contributed by atoms with E-state index in [2.05, 4.69) is 86.8 Å². The predicted octanol–water partition coefficient (Wildman–Crippen LogP) is 6.65. The Labute approximate surface area is 366 Å². The molecule has 6 aromatic rings. The van der Waals surface area contributed by atoms with Crippen LogP contribution in [0, 0.1) is 12.8 Å². The molecule has 3 fully saturated rings. The standard InChI is InChI=1S/C47H54N12O4/c1-29-24-32(6-12-36(29)30(2)51-43(61)44-54-45(55-63-44)47(3,4)5)41-37-25-39(52-42(37)50-28-49-41)38-13-11-35(26-48-38)57-17-14-31(15-18-57)27-56-20-22-58(23-21-56)33-7-9-34(10-8-33)59-19-16-40(60)53-46(59)62/h6-13,24-26,28,30-31H,14-23,27H2,1-5H3,(H,51,61)(H,49,50,52)(H,53,60,62)/t30-/m1/s1. The van der Waals surface area contributed by atoms with Gasteiger partial charge in [0.1, 0.15) is 12.0 Å². The van der Waals surface area contributed by atoms with E-state index < -0.39 is 5.91 Å². The fourth-order valence-corrected chi connectivity index (χ4v) is 8.89. The van der Waals surface area contributed by atoms with Gasteiger partial charge >= 0.3 is 17.8 Å². The molecule has 1 atom stereocenters. The van der Waals surface area contributed by atoms with Crippen molar-refractivity contribution in [2.45, 2.75) is 65.3 Å². The molecule has 16 nitrogen and oxygen atoms in total. The van der Waals surface area contributed by atoms with Gasteiger partial charge in [-0.25, -0.2) is 14.8 Å². The van der Waals surface area contributed by atoms with Gasteiger partial charge in [-0.15, -0.1) is 0 Å². The first-order valence-corrected chi connectivity index (χ1v) is 21.9. The van der Waals surface area contributed by atoms with Gasteiger partial charge in [-0.05, 0) is 92.3 Å². The number of aromatic amines is 1. The molecule has 9 rings (SSSR count). The van der Waals surface area contributed by atoms with Gasteiger partial charge in [-0.3, -0.25) is 29.7 Å². The predicted molar refractivity (Wildman–Crippen MR) is 242 cm³/mol. The number of hydrogen-bond acceptors (Lipinski definition) is 12. The zero-order valence-corrected chi connectivity index (χ0v) is 36.5. The number of pyridine rings is 1. The molecule has 7 heterocycles. The summed E-state index contributed by atoms with van der Waals surface area (Å²) in [7, 11) is 0. The molecule has 0 aliphatic carbocycles. The highest BCUT2D eigenvalue weighted by atomic mass is 16.5. The highest BCUT2D eigenvalue weighted by Gasteiger charge is 2.28. The van der Waals surface area contributed by atoms with Gasteiger partial charge in [0.15, 0.2) is 5.82 Å². The van der Waals surface area contributed by atoms with Gasteiger partial charge in [0, 0.05) is 86.5 Å². The first kappa shape index (κ1) is 41.7. The normalized spacial score (nSPS) is 17.3. The van der Waals surface area contributed by atoms with Gasteiger partial charge in [0.25, 0.3) is 0 Å². The molecular weight excluding hydrogens is 797 g/mol. The minimum Gasteiger partial charge on any atom is -0.370 e. The van der Waals surface area contributed by atoms with E-state index in [4.69, 9.17) is 9.51 Å². The topological polar surface area (TPSA) is 182 Å². The monoisotopic (exact) mass is 850 g/mol. The summed E-state index contributed by atoms with van der Waals surface area (Å²) in [6.45, 7) is 17.4. The number of aromatic nitrogens is 6. The number of amides is 4. The summed E-state index contributed by atoms with van der Waals surface area (Å²) in [4.78, 5) is 67.7. The number of fused-ring (bicyclic) bond motifs is 1. The molecule has 3 N–H and O–H groups in total. The third-order valence-corrected chi connectivity index (χ3v) is 12.5. The van der Waals surface area contributed by atoms with Crippen molar-refractivity contribution in [1.82, 2.24) is 45.6 Å². The van der Waals surface area contributed by atoms with E-state index in [1.54, 1.807) is 11.2 Å². The second kappa shape index (κ2) is 17.2. The number of urea groups is 1. The molecular formula is C47H54N12O4. The lowest BCUT2D eigenvalue weighted by Gasteiger charge is -2.40. The summed E-state index contributed by atoms with van der Waals surface area (Å²) in [5.74, 6) is 0.466. The van der Waals surface area contributed by atoms with E-state index in [9.17, 15) is 14.4 Å². The number of H-pyrrole nitrogens is 1. The van der Waals surface area contributed by atoms with Gasteiger partial charge in [0.05, 0.1) is 35.0 Å². The first-order valence-electron chi connectivity index (χ1n) is 21.9. The molecule has 326 valence electrons. The number of nitrogens with zero attached hydrogens (tertiary/aromatic N) is 9. The number of benzene rings is 2. The molecule has 4 amide bonds. The number of hydrogen-bond donors (Lipinski definition) is 3. The number of rotatable bonds is 10. The van der Waals surface area contributed by atoms with Crippen LogP contribution in [-0.4, -0.2) is 105 Å². The maximum absolute atomic E-state index is 12.9. The Balaban J connectivity index is 0.768. The van der Waals surface area contributed by atoms with Crippen LogP contribution in [0.15, 0.2) is 77.7 Å². The summed E-state index contributed by atoms with van der Waals surface area (Å²) < 4.78 is 5.25. The number of anilines is 3. The van der Waals surface area contributed by atoms with Crippen LogP contribution in [0.2, 0.25) is 0 Å². The minimum absolute atomic E-state index is 0.0503. The number of carbonyl (C=O) groups excluding carboxylic acids is 3. The summed E-state index contributed by atoms with van der Waals surface area (Å²) in [5, 5.41) is 10.3. The number of piperazine rings is 1. The first-order chi connectivity index (χ1) is 30.4. The second-order valence-corrected chi connectivity index (χ2v) is 18.0. The average Bonchev–Trinajstić information content (AvgIpc) is 3.97. The molecule has 4 aromatic heterocycles. The highest BCUT2D eigenvalue weighted by Crippen LogP contribution is 2.33. The lowest BCUT2D eigenvalue weighted by Crippen LogP contribution is -2.49. The number of imide groups is 1. The number of piperidine rings is 1. The Kier molecular flexibility index (Phi) is 11.4. The van der Waals surface area contributed by atoms with E-state index in [1.165, 1.54) is 0 Å². The molecule has 2 aromatic carbocycles. The van der Waals surface area contributed by atoms with Gasteiger partial charge in [-0.2, -0.15) is 4.98 Å². The quantitative estimate of drug-likeness (QED) is 0.134. The van der Waals surface area contributed by atoms with Crippen LogP contribution in [0.1, 0.15) is 80.6 Å². The van der Waals surface area contributed by atoms with Crippen molar-refractivity contribution in [3.05, 3.63) is 96.0 Å². The second-order valence-electron chi connectivity index (χ2n) is 18.0. The number of carbonyl (C=O) groups is 3. The van der Waals surface area contributed by atoms with Gasteiger partial charge < -0.3 is 24.6 Å². The molecule has 3 saturated heterocycles. The van der Waals surface area contributed by atoms with Crippen molar-refractivity contribution in [3.63, 3.8) is 0 Å². The number of nitrogens with one attached hydrogen (secondary N) is 3. The van der Waals surface area contributed by atoms with E-state index in [1.807, 2.05) is 65.1 Å². The highest BCUT2D eigenvalue weighted by molar-refractivity contribution is 6.05. The molecule has 0 bridgehead atoms. The average molecular weight is 851 g/mol. The van der Waals surface area contributed by atoms with Crippen molar-refractivity contribution >= 4 is 45.9 Å². The largest absolute Gasteiger partial charge is 0.370 e. The van der Waals surface area contributed by atoms with Crippen LogP contribution in [0.25, 0.3) is 33.7 Å². The molecule has 3 aliphatic heterocycles. The Morgan fingerprint density at radius 1 is 0.873 bits per heavy atom. The van der Waals surface area contributed by atoms with E-state index in [-0.39, 0.29) is 29.3 Å². The molecule has 0 unspecified atom stereocenters. The molecule has 0 spiro atoms. The smallest absolute Gasteiger partial charge is 0.328 e. The lowest BCUT2D eigenvalue weighted by molar-refractivity contribution is -0.120. The van der Waals surface area contributed by atoms with E-state index in [0.29, 0.717) is 24.7 Å². The van der Waals surface area contributed by atoms with Crippen LogP contribution in [0.5, 0.6) is 0 Å². The molecule has 63 heavy (non-hydrogen) atoms. The fourth-order valence-electron chi connectivity index (χ4n) is 8.89. The maximum Gasteiger partial charge on any atom is 0.328 e. The minimum atomic E-state index is -0.412. The summed E-state index contributed by atoms with van der Waals surface area (Å²) in [6.07, 6.45) is 6.17. The van der Waals surface area contributed by atoms with E-state index in [0.717, 1.165) is 121 Å². The maximum atomic E-state index is 12.9. The number of aryl methyl sites for hydroxylation is 1. The molecule has 0 radical (unpaired) electrons. The SMILES string of the molecule is Cc1cc(-c2ncnc3[nH]c(-c4ccc(N5CCC(CN6CCN(c7ccc(N8CCC(=O)NC8=O)cc7)CC6)CC5)cn4)cc23)ccc1[C@@H](C)NC(=O)c1nc(C(C)(C)C)no1. The Bertz CT molecular complexity index is 2620. The van der Waals surface area contributed by atoms with Crippen LogP contribution in [-0.2, 0) is 10.2 Å².